The maximum atomic E-state index is 13.0. The standard InChI is InChI=1S/C27H27N6OS/c1-16-6-4-5-7-21(16)32-26(34)17-8-10-20-23(13-17)35-27-24(20)25(29-15-30-27)31-19-9-11-22(33(2)3)18(12-19)14-28/h4-7,9,11-12,14-15,17H,8,10,13H2,1-3H3,(H,32,34)(H,29,30,31)/q-1. The third-order valence-corrected chi connectivity index (χ3v) is 7.69. The van der Waals surface area contributed by atoms with Crippen molar-refractivity contribution in [2.24, 2.45) is 5.92 Å². The number of thiophene rings is 1. The Morgan fingerprint density at radius 2 is 2.03 bits per heavy atom. The summed E-state index contributed by atoms with van der Waals surface area (Å²) in [5.41, 5.74) is 5.64. The monoisotopic (exact) mass is 483 g/mol. The van der Waals surface area contributed by atoms with Gasteiger partial charge in [0.1, 0.15) is 17.0 Å². The van der Waals surface area contributed by atoms with Crippen LogP contribution in [0, 0.1) is 12.8 Å². The van der Waals surface area contributed by atoms with Gasteiger partial charge in [-0.15, -0.1) is 11.3 Å². The Hall–Kier alpha value is -3.78. The second-order valence-corrected chi connectivity index (χ2v) is 10.2. The molecule has 8 heteroatoms. The lowest BCUT2D eigenvalue weighted by Crippen LogP contribution is -2.27. The Morgan fingerprint density at radius 3 is 2.80 bits per heavy atom. The minimum absolute atomic E-state index is 0.0687. The Balaban J connectivity index is 1.41. The zero-order chi connectivity index (χ0) is 24.5. The predicted octanol–water partition coefficient (Wildman–Crippen LogP) is 5.54. The van der Waals surface area contributed by atoms with Crippen molar-refractivity contribution in [3.8, 4) is 0 Å². The van der Waals surface area contributed by atoms with Gasteiger partial charge in [0.05, 0.1) is 5.39 Å². The van der Waals surface area contributed by atoms with E-state index in [0.29, 0.717) is 6.42 Å². The number of rotatable bonds is 6. The highest BCUT2D eigenvalue weighted by Crippen LogP contribution is 2.41. The van der Waals surface area contributed by atoms with Gasteiger partial charge in [-0.25, -0.2) is 9.97 Å². The molecule has 1 aliphatic rings. The van der Waals surface area contributed by atoms with Crippen LogP contribution < -0.4 is 15.5 Å². The topological polar surface area (TPSA) is 92.4 Å². The molecule has 2 N–H and O–H groups in total. The first-order valence-electron chi connectivity index (χ1n) is 11.6. The molecule has 1 aliphatic carbocycles. The minimum atomic E-state index is -0.0687. The quantitative estimate of drug-likeness (QED) is 0.351. The number of hydrogen-bond acceptors (Lipinski definition) is 6. The molecular weight excluding hydrogens is 456 g/mol. The van der Waals surface area contributed by atoms with E-state index in [2.05, 4.69) is 20.6 Å². The molecule has 0 saturated carbocycles. The van der Waals surface area contributed by atoms with E-state index in [1.165, 1.54) is 10.4 Å². The Morgan fingerprint density at radius 1 is 1.20 bits per heavy atom. The lowest BCUT2D eigenvalue weighted by molar-refractivity contribution is -0.120. The second kappa shape index (κ2) is 9.46. The van der Waals surface area contributed by atoms with Crippen LogP contribution in [-0.2, 0) is 17.6 Å². The zero-order valence-electron chi connectivity index (χ0n) is 20.0. The van der Waals surface area contributed by atoms with Gasteiger partial charge in [-0.1, -0.05) is 18.2 Å². The van der Waals surface area contributed by atoms with Gasteiger partial charge in [-0.05, 0) is 67.1 Å². The fraction of sp³-hybridized carbons (Fsp3) is 0.259. The molecule has 5 rings (SSSR count). The van der Waals surface area contributed by atoms with E-state index in [-0.39, 0.29) is 11.8 Å². The number of aromatic nitrogens is 2. The molecule has 35 heavy (non-hydrogen) atoms. The summed E-state index contributed by atoms with van der Waals surface area (Å²) >= 11 is 1.65. The molecule has 0 saturated heterocycles. The fourth-order valence-electron chi connectivity index (χ4n) is 4.66. The average Bonchev–Trinajstić information content (AvgIpc) is 3.24. The van der Waals surface area contributed by atoms with E-state index >= 15 is 0 Å². The van der Waals surface area contributed by atoms with Gasteiger partial charge in [0.2, 0.25) is 5.91 Å². The number of carbonyl (C=O) groups is 1. The van der Waals surface area contributed by atoms with Crippen LogP contribution in [0.4, 0.5) is 22.9 Å². The van der Waals surface area contributed by atoms with E-state index in [0.717, 1.165) is 63.3 Å². The maximum Gasteiger partial charge on any atom is 0.227 e. The molecule has 4 aromatic rings. The van der Waals surface area contributed by atoms with Crippen molar-refractivity contribution < 1.29 is 4.79 Å². The van der Waals surface area contributed by atoms with Crippen LogP contribution in [0.1, 0.15) is 28.0 Å². The van der Waals surface area contributed by atoms with Crippen LogP contribution in [0.25, 0.3) is 15.6 Å². The van der Waals surface area contributed by atoms with Crippen LogP contribution in [0.2, 0.25) is 0 Å². The van der Waals surface area contributed by atoms with Crippen molar-refractivity contribution >= 4 is 56.6 Å². The van der Waals surface area contributed by atoms with Gasteiger partial charge in [0.15, 0.2) is 0 Å². The number of benzene rings is 2. The first-order chi connectivity index (χ1) is 16.9. The van der Waals surface area contributed by atoms with Crippen molar-refractivity contribution in [1.82, 2.24) is 9.97 Å². The zero-order valence-corrected chi connectivity index (χ0v) is 20.8. The van der Waals surface area contributed by atoms with Crippen molar-refractivity contribution in [3.05, 3.63) is 75.8 Å². The molecule has 0 bridgehead atoms. The first-order valence-corrected chi connectivity index (χ1v) is 12.4. The molecule has 7 nitrogen and oxygen atoms in total. The molecule has 1 amide bonds. The fourth-order valence-corrected chi connectivity index (χ4v) is 5.92. The van der Waals surface area contributed by atoms with Crippen LogP contribution in [0.3, 0.4) is 0 Å². The number of amides is 1. The largest absolute Gasteiger partial charge is 0.810 e. The first kappa shape index (κ1) is 23.0. The van der Waals surface area contributed by atoms with Crippen LogP contribution in [0.15, 0.2) is 48.8 Å². The Labute approximate surface area is 208 Å². The summed E-state index contributed by atoms with van der Waals surface area (Å²) in [6, 6.07) is 13.7. The molecule has 0 spiro atoms. The van der Waals surface area contributed by atoms with Gasteiger partial charge in [0, 0.05) is 42.0 Å². The molecular formula is C27H27N6OS-. The van der Waals surface area contributed by atoms with Crippen LogP contribution >= 0.6 is 11.3 Å². The summed E-state index contributed by atoms with van der Waals surface area (Å²) in [7, 11) is 3.88. The highest BCUT2D eigenvalue weighted by molar-refractivity contribution is 7.19. The van der Waals surface area contributed by atoms with Gasteiger partial charge >= 0.3 is 0 Å². The lowest BCUT2D eigenvalue weighted by atomic mass is 9.87. The molecule has 2 aromatic heterocycles. The number of nitrogens with zero attached hydrogens (tertiary/aromatic N) is 4. The van der Waals surface area contributed by atoms with Gasteiger partial charge in [-0.3, -0.25) is 4.79 Å². The van der Waals surface area contributed by atoms with E-state index in [1.807, 2.05) is 68.4 Å². The summed E-state index contributed by atoms with van der Waals surface area (Å²) in [5, 5.41) is 17.3. The van der Waals surface area contributed by atoms with E-state index in [9.17, 15) is 10.2 Å². The number of carbonyl (C=O) groups excluding carboxylic acids is 1. The number of hydrogen-bond donors (Lipinski definition) is 2. The molecule has 0 fully saturated rings. The molecule has 178 valence electrons. The number of fused-ring (bicyclic) bond motifs is 3. The molecule has 0 radical (unpaired) electrons. The smallest absolute Gasteiger partial charge is 0.227 e. The molecule has 2 aromatic carbocycles. The third kappa shape index (κ3) is 4.49. The minimum Gasteiger partial charge on any atom is -0.810 e. The second-order valence-electron chi connectivity index (χ2n) is 9.07. The summed E-state index contributed by atoms with van der Waals surface area (Å²) in [4.78, 5) is 26.2. The SMILES string of the molecule is Cc1ccccc1NC(=O)C1CCc2c(sc3ncnc(Nc4ccc(N(C)C)c(C=[N-])c4)c23)C1. The van der Waals surface area contributed by atoms with E-state index in [4.69, 9.17) is 0 Å². The molecule has 0 aliphatic heterocycles. The molecule has 2 heterocycles. The predicted molar refractivity (Wildman–Crippen MR) is 145 cm³/mol. The number of nitrogens with one attached hydrogen (secondary N) is 2. The van der Waals surface area contributed by atoms with Crippen molar-refractivity contribution in [2.75, 3.05) is 29.6 Å². The van der Waals surface area contributed by atoms with Gasteiger partial charge in [-0.2, -0.15) is 6.21 Å². The number of para-hydroxylation sites is 1. The maximum absolute atomic E-state index is 13.0. The van der Waals surface area contributed by atoms with Crippen LogP contribution in [0.5, 0.6) is 0 Å². The summed E-state index contributed by atoms with van der Waals surface area (Å²) < 4.78 is 0. The van der Waals surface area contributed by atoms with Crippen molar-refractivity contribution in [3.63, 3.8) is 0 Å². The third-order valence-electron chi connectivity index (χ3n) is 6.53. The lowest BCUT2D eigenvalue weighted by Gasteiger charge is -2.22. The van der Waals surface area contributed by atoms with E-state index in [1.54, 1.807) is 17.7 Å². The number of aryl methyl sites for hydroxylation is 2. The highest BCUT2D eigenvalue weighted by Gasteiger charge is 2.29. The number of anilines is 4. The summed E-state index contributed by atoms with van der Waals surface area (Å²) in [6.45, 7) is 2.00. The van der Waals surface area contributed by atoms with Crippen molar-refractivity contribution in [1.29, 1.82) is 0 Å². The highest BCUT2D eigenvalue weighted by atomic mass is 32.1. The molecule has 1 unspecified atom stereocenters. The Bertz CT molecular complexity index is 1430. The summed E-state index contributed by atoms with van der Waals surface area (Å²) in [6.07, 6.45) is 4.98. The normalized spacial score (nSPS) is 14.9. The van der Waals surface area contributed by atoms with Gasteiger partial charge < -0.3 is 20.9 Å². The van der Waals surface area contributed by atoms with E-state index < -0.39 is 0 Å². The van der Waals surface area contributed by atoms with Crippen molar-refractivity contribution in [2.45, 2.75) is 26.2 Å². The van der Waals surface area contributed by atoms with Crippen LogP contribution in [-0.4, -0.2) is 36.2 Å². The Kier molecular flexibility index (Phi) is 6.21. The van der Waals surface area contributed by atoms with Gasteiger partial charge in [0.25, 0.3) is 0 Å². The average molecular weight is 484 g/mol. The molecule has 1 atom stereocenters. The summed E-state index contributed by atoms with van der Waals surface area (Å²) in [5.74, 6) is 0.748.